The van der Waals surface area contributed by atoms with E-state index in [-0.39, 0.29) is 10.0 Å². The van der Waals surface area contributed by atoms with Crippen molar-refractivity contribution in [2.75, 3.05) is 0 Å². The van der Waals surface area contributed by atoms with Gasteiger partial charge in [-0.15, -0.1) is 11.3 Å². The number of hydrogen-bond acceptors (Lipinski definition) is 4. The first kappa shape index (κ1) is 18.9. The maximum Gasteiger partial charge on any atom is 0.176 e. The molecule has 2 heterocycles. The fraction of sp³-hybridized carbons (Fsp3) is 0.444. The normalized spacial score (nSPS) is 11.5. The zero-order valence-electron chi connectivity index (χ0n) is 13.9. The average Bonchev–Trinajstić information content (AvgIpc) is 3.26. The minimum Gasteiger partial charge on any atom is -0.203 e. The summed E-state index contributed by atoms with van der Waals surface area (Å²) in [6, 6.07) is 1.96. The second-order valence-corrected chi connectivity index (χ2v) is 8.35. The summed E-state index contributed by atoms with van der Waals surface area (Å²) in [5, 5.41) is 2.03. The first-order chi connectivity index (χ1) is 12.1. The van der Waals surface area contributed by atoms with Crippen molar-refractivity contribution in [3.8, 4) is 10.4 Å². The Bertz CT molecular complexity index is 860. The highest BCUT2D eigenvalue weighted by Gasteiger charge is 2.23. The number of fused-ring (bicyclic) bond motifs is 1. The highest BCUT2D eigenvalue weighted by atomic mass is 79.9. The monoisotopic (exact) mass is 444 g/mol. The summed E-state index contributed by atoms with van der Waals surface area (Å²) in [7, 11) is 0. The van der Waals surface area contributed by atoms with Gasteiger partial charge in [0.25, 0.3) is 0 Å². The van der Waals surface area contributed by atoms with Crippen LogP contribution in [0.25, 0.3) is 21.5 Å². The van der Waals surface area contributed by atoms with Crippen LogP contribution in [0.2, 0.25) is 0 Å². The van der Waals surface area contributed by atoms with Crippen LogP contribution in [0.5, 0.6) is 0 Å². The molecular formula is C18H19BrF2N2S2. The van der Waals surface area contributed by atoms with Gasteiger partial charge in [-0.2, -0.15) is 8.75 Å². The van der Waals surface area contributed by atoms with Crippen molar-refractivity contribution < 1.29 is 8.78 Å². The lowest BCUT2D eigenvalue weighted by Crippen LogP contribution is -1.93. The van der Waals surface area contributed by atoms with Crippen molar-refractivity contribution >= 4 is 50.0 Å². The van der Waals surface area contributed by atoms with E-state index in [2.05, 4.69) is 31.6 Å². The van der Waals surface area contributed by atoms with Crippen molar-refractivity contribution in [2.45, 2.75) is 51.9 Å². The minimum atomic E-state index is -0.902. The second-order valence-electron chi connectivity index (χ2n) is 6.12. The molecule has 3 aromatic rings. The number of aryl methyl sites for hydroxylation is 1. The Labute approximate surface area is 162 Å². The number of benzene rings is 1. The summed E-state index contributed by atoms with van der Waals surface area (Å²) >= 11 is 5.48. The van der Waals surface area contributed by atoms with Crippen molar-refractivity contribution in [2.24, 2.45) is 0 Å². The lowest BCUT2D eigenvalue weighted by atomic mass is 10.1. The van der Waals surface area contributed by atoms with Gasteiger partial charge in [-0.25, -0.2) is 8.78 Å². The maximum absolute atomic E-state index is 14.5. The van der Waals surface area contributed by atoms with Crippen LogP contribution in [0.1, 0.15) is 51.0 Å². The molecule has 0 aliphatic carbocycles. The van der Waals surface area contributed by atoms with Crippen molar-refractivity contribution in [1.82, 2.24) is 8.75 Å². The predicted octanol–water partition coefficient (Wildman–Crippen LogP) is 7.36. The molecule has 0 amide bonds. The zero-order chi connectivity index (χ0) is 17.8. The zero-order valence-corrected chi connectivity index (χ0v) is 17.2. The van der Waals surface area contributed by atoms with Crippen LogP contribution >= 0.6 is 39.0 Å². The molecule has 25 heavy (non-hydrogen) atoms. The van der Waals surface area contributed by atoms with Gasteiger partial charge >= 0.3 is 0 Å². The topological polar surface area (TPSA) is 25.8 Å². The first-order valence-corrected chi connectivity index (χ1v) is 10.9. The molecule has 2 nitrogen and oxygen atoms in total. The van der Waals surface area contributed by atoms with Crippen molar-refractivity contribution in [3.05, 3.63) is 33.1 Å². The Kier molecular flexibility index (Phi) is 6.52. The quantitative estimate of drug-likeness (QED) is 0.267. The summed E-state index contributed by atoms with van der Waals surface area (Å²) in [4.78, 5) is 0.711. The van der Waals surface area contributed by atoms with E-state index >= 15 is 0 Å². The Morgan fingerprint density at radius 1 is 1.00 bits per heavy atom. The van der Waals surface area contributed by atoms with Gasteiger partial charge in [0.05, 0.1) is 21.8 Å². The van der Waals surface area contributed by atoms with Crippen LogP contribution in [0.3, 0.4) is 0 Å². The molecule has 0 saturated carbocycles. The van der Waals surface area contributed by atoms with E-state index in [1.807, 2.05) is 11.4 Å². The molecule has 0 radical (unpaired) electrons. The van der Waals surface area contributed by atoms with Crippen molar-refractivity contribution in [3.63, 3.8) is 0 Å². The van der Waals surface area contributed by atoms with Crippen LogP contribution < -0.4 is 0 Å². The maximum atomic E-state index is 14.5. The lowest BCUT2D eigenvalue weighted by Gasteiger charge is -2.04. The molecule has 0 fully saturated rings. The summed E-state index contributed by atoms with van der Waals surface area (Å²) in [5.41, 5.74) is 2.20. The molecule has 7 heteroatoms. The Morgan fingerprint density at radius 2 is 1.72 bits per heavy atom. The van der Waals surface area contributed by atoms with Gasteiger partial charge in [0.1, 0.15) is 11.0 Å². The third-order valence-corrected chi connectivity index (χ3v) is 6.51. The van der Waals surface area contributed by atoms with E-state index in [9.17, 15) is 8.78 Å². The summed E-state index contributed by atoms with van der Waals surface area (Å²) in [6.07, 6.45) is 8.43. The molecule has 1 aromatic carbocycles. The molecule has 0 aliphatic heterocycles. The number of hydrogen-bond donors (Lipinski definition) is 0. The number of nitrogens with zero attached hydrogens (tertiary/aromatic N) is 2. The van der Waals surface area contributed by atoms with E-state index in [1.54, 1.807) is 0 Å². The second kappa shape index (κ2) is 8.64. The molecular weight excluding hydrogens is 426 g/mol. The van der Waals surface area contributed by atoms with Crippen LogP contribution in [0.4, 0.5) is 8.78 Å². The number of rotatable bonds is 8. The van der Waals surface area contributed by atoms with E-state index in [0.717, 1.165) is 24.6 Å². The average molecular weight is 445 g/mol. The summed E-state index contributed by atoms with van der Waals surface area (Å²) < 4.78 is 37.0. The molecule has 0 atom stereocenters. The number of aromatic nitrogens is 2. The minimum absolute atomic E-state index is 0.0429. The van der Waals surface area contributed by atoms with Gasteiger partial charge < -0.3 is 0 Å². The van der Waals surface area contributed by atoms with Crippen molar-refractivity contribution in [1.29, 1.82) is 0 Å². The van der Waals surface area contributed by atoms with Gasteiger partial charge in [-0.1, -0.05) is 39.0 Å². The number of unbranched alkanes of at least 4 members (excludes halogenated alkanes) is 5. The molecule has 0 saturated heterocycles. The van der Waals surface area contributed by atoms with Gasteiger partial charge in [-0.05, 0) is 45.8 Å². The van der Waals surface area contributed by atoms with E-state index in [1.165, 1.54) is 49.0 Å². The fourth-order valence-corrected chi connectivity index (χ4v) is 5.00. The van der Waals surface area contributed by atoms with E-state index < -0.39 is 11.6 Å². The van der Waals surface area contributed by atoms with Crippen LogP contribution in [0, 0.1) is 11.6 Å². The third-order valence-electron chi connectivity index (χ3n) is 4.26. The third kappa shape index (κ3) is 4.09. The molecule has 0 N–H and O–H groups in total. The lowest BCUT2D eigenvalue weighted by molar-refractivity contribution is 0.509. The molecule has 0 spiro atoms. The molecule has 0 unspecified atom stereocenters. The predicted molar refractivity (Wildman–Crippen MR) is 105 cm³/mol. The summed E-state index contributed by atoms with van der Waals surface area (Å²) in [5.74, 6) is -1.76. The fourth-order valence-electron chi connectivity index (χ4n) is 2.88. The Morgan fingerprint density at radius 3 is 2.52 bits per heavy atom. The smallest absolute Gasteiger partial charge is 0.176 e. The molecule has 2 aromatic heterocycles. The van der Waals surface area contributed by atoms with Gasteiger partial charge in [0, 0.05) is 4.88 Å². The molecule has 134 valence electrons. The Balaban J connectivity index is 1.77. The highest BCUT2D eigenvalue weighted by Crippen LogP contribution is 2.39. The van der Waals surface area contributed by atoms with Gasteiger partial charge in [0.15, 0.2) is 11.6 Å². The van der Waals surface area contributed by atoms with Crippen LogP contribution in [-0.4, -0.2) is 8.75 Å². The Hall–Kier alpha value is -0.920. The van der Waals surface area contributed by atoms with E-state index in [0.29, 0.717) is 15.9 Å². The molecule has 3 rings (SSSR count). The highest BCUT2D eigenvalue weighted by molar-refractivity contribution is 9.10. The summed E-state index contributed by atoms with van der Waals surface area (Å²) in [6.45, 7) is 2.21. The first-order valence-electron chi connectivity index (χ1n) is 8.50. The van der Waals surface area contributed by atoms with Gasteiger partial charge in [0.2, 0.25) is 0 Å². The SMILES string of the molecule is CCCCCCCCc1csc(-c2c(F)c(F)c(Br)c3nsnc23)c1. The number of halogens is 3. The van der Waals surface area contributed by atoms with E-state index in [4.69, 9.17) is 0 Å². The number of thiophene rings is 1. The van der Waals surface area contributed by atoms with Crippen LogP contribution in [-0.2, 0) is 6.42 Å². The standard InChI is InChI=1S/C18H19BrF2N2S2/c1-2-3-4-5-6-7-8-11-9-12(24-10-11)13-15(20)16(21)14(19)18-17(13)22-25-23-18/h9-10H,2-8H2,1H3. The van der Waals surface area contributed by atoms with Crippen LogP contribution in [0.15, 0.2) is 15.9 Å². The largest absolute Gasteiger partial charge is 0.203 e. The molecule has 0 aliphatic rings. The molecule has 0 bridgehead atoms. The van der Waals surface area contributed by atoms with Gasteiger partial charge in [-0.3, -0.25) is 0 Å².